The van der Waals surface area contributed by atoms with E-state index in [-0.39, 0.29) is 38.8 Å². The van der Waals surface area contributed by atoms with Crippen LogP contribution in [0.4, 0.5) is 18.9 Å². The maximum atomic E-state index is 12.8. The van der Waals surface area contributed by atoms with Crippen molar-refractivity contribution in [2.24, 2.45) is 5.92 Å². The number of hydrogen-bond donors (Lipinski definition) is 2. The molecule has 0 fully saturated rings. The molecule has 0 heterocycles. The van der Waals surface area contributed by atoms with Crippen molar-refractivity contribution in [3.8, 4) is 5.75 Å². The van der Waals surface area contributed by atoms with Crippen LogP contribution in [-0.4, -0.2) is 27.5 Å². The Morgan fingerprint density at radius 2 is 1.77 bits per heavy atom. The monoisotopic (exact) mass is 498 g/mol. The van der Waals surface area contributed by atoms with E-state index in [1.807, 2.05) is 13.8 Å². The van der Waals surface area contributed by atoms with Gasteiger partial charge in [0.25, 0.3) is 5.91 Å². The molecule has 12 heteroatoms. The first kappa shape index (κ1) is 25.3. The second-order valence-electron chi connectivity index (χ2n) is 6.87. The number of carbonyl (C=O) groups is 1. The Kier molecular flexibility index (Phi) is 8.21. The van der Waals surface area contributed by atoms with Gasteiger partial charge in [0.05, 0.1) is 26.2 Å². The number of amides is 1. The summed E-state index contributed by atoms with van der Waals surface area (Å²) in [5, 5.41) is 2.09. The number of alkyl halides is 3. The van der Waals surface area contributed by atoms with E-state index in [1.165, 1.54) is 18.2 Å². The summed E-state index contributed by atoms with van der Waals surface area (Å²) in [4.78, 5) is 12.0. The Morgan fingerprint density at radius 3 is 2.35 bits per heavy atom. The maximum Gasteiger partial charge on any atom is 0.416 e. The van der Waals surface area contributed by atoms with Crippen molar-refractivity contribution in [3.05, 3.63) is 52.0 Å². The highest BCUT2D eigenvalue weighted by atomic mass is 35.5. The average molecular weight is 499 g/mol. The largest absolute Gasteiger partial charge is 0.482 e. The highest BCUT2D eigenvalue weighted by molar-refractivity contribution is 7.89. The number of anilines is 1. The van der Waals surface area contributed by atoms with Crippen LogP contribution in [0.25, 0.3) is 0 Å². The zero-order valence-electron chi connectivity index (χ0n) is 16.4. The Labute approximate surface area is 187 Å². The van der Waals surface area contributed by atoms with E-state index in [1.54, 1.807) is 0 Å². The molecule has 0 aromatic heterocycles. The topological polar surface area (TPSA) is 84.5 Å². The number of halogens is 5. The standard InChI is InChI=1S/C19H19Cl2F3N2O4S/c1-11(2)9-25-31(28,29)13-4-6-17(15(21)8-13)30-10-18(27)26-16-7-12(19(22,23)24)3-5-14(16)20/h3-8,11,25H,9-10H2,1-2H3,(H,26,27). The van der Waals surface area contributed by atoms with E-state index in [0.717, 1.165) is 12.1 Å². The lowest BCUT2D eigenvalue weighted by Crippen LogP contribution is -2.27. The fourth-order valence-electron chi connectivity index (χ4n) is 2.25. The van der Waals surface area contributed by atoms with E-state index in [0.29, 0.717) is 6.07 Å². The van der Waals surface area contributed by atoms with Gasteiger partial charge in [0, 0.05) is 6.54 Å². The number of benzene rings is 2. The number of nitrogens with one attached hydrogen (secondary N) is 2. The van der Waals surface area contributed by atoms with E-state index in [9.17, 15) is 26.4 Å². The molecule has 0 spiro atoms. The van der Waals surface area contributed by atoms with Crippen LogP contribution in [0.5, 0.6) is 5.75 Å². The molecule has 0 saturated carbocycles. The molecule has 0 atom stereocenters. The van der Waals surface area contributed by atoms with Crippen LogP contribution in [0.1, 0.15) is 19.4 Å². The lowest BCUT2D eigenvalue weighted by Gasteiger charge is -2.13. The minimum Gasteiger partial charge on any atom is -0.482 e. The predicted molar refractivity (Wildman–Crippen MR) is 112 cm³/mol. The summed E-state index contributed by atoms with van der Waals surface area (Å²) in [6.07, 6.45) is -4.60. The highest BCUT2D eigenvalue weighted by Crippen LogP contribution is 2.34. The molecule has 0 aliphatic carbocycles. The van der Waals surface area contributed by atoms with Gasteiger partial charge in [-0.3, -0.25) is 4.79 Å². The van der Waals surface area contributed by atoms with Crippen molar-refractivity contribution in [2.75, 3.05) is 18.5 Å². The number of sulfonamides is 1. The van der Waals surface area contributed by atoms with Gasteiger partial charge in [0.2, 0.25) is 10.0 Å². The Morgan fingerprint density at radius 1 is 1.10 bits per heavy atom. The fourth-order valence-corrected chi connectivity index (χ4v) is 3.96. The SMILES string of the molecule is CC(C)CNS(=O)(=O)c1ccc(OCC(=O)Nc2cc(C(F)(F)F)ccc2Cl)c(Cl)c1. The molecule has 0 aliphatic rings. The number of rotatable bonds is 8. The molecule has 2 aromatic carbocycles. The summed E-state index contributed by atoms with van der Waals surface area (Å²) in [6, 6.07) is 6.21. The van der Waals surface area contributed by atoms with Gasteiger partial charge in [-0.15, -0.1) is 0 Å². The molecule has 1 amide bonds. The van der Waals surface area contributed by atoms with Crippen molar-refractivity contribution in [1.29, 1.82) is 0 Å². The van der Waals surface area contributed by atoms with Crippen LogP contribution in [0.2, 0.25) is 10.0 Å². The zero-order valence-corrected chi connectivity index (χ0v) is 18.7. The van der Waals surface area contributed by atoms with Gasteiger partial charge in [-0.1, -0.05) is 37.0 Å². The maximum absolute atomic E-state index is 12.8. The van der Waals surface area contributed by atoms with Crippen LogP contribution in [0.3, 0.4) is 0 Å². The normalized spacial score (nSPS) is 12.1. The molecule has 2 N–H and O–H groups in total. The van der Waals surface area contributed by atoms with E-state index >= 15 is 0 Å². The first-order valence-electron chi connectivity index (χ1n) is 8.88. The molecule has 0 radical (unpaired) electrons. The van der Waals surface area contributed by atoms with Crippen LogP contribution in [-0.2, 0) is 21.0 Å². The summed E-state index contributed by atoms with van der Waals surface area (Å²) >= 11 is 11.9. The van der Waals surface area contributed by atoms with Gasteiger partial charge in [0.1, 0.15) is 5.75 Å². The molecule has 31 heavy (non-hydrogen) atoms. The molecule has 170 valence electrons. The van der Waals surface area contributed by atoms with Crippen LogP contribution in [0, 0.1) is 5.92 Å². The summed E-state index contributed by atoms with van der Waals surface area (Å²) in [6.45, 7) is 3.36. The summed E-state index contributed by atoms with van der Waals surface area (Å²) < 4.78 is 70.6. The van der Waals surface area contributed by atoms with E-state index in [4.69, 9.17) is 27.9 Å². The number of hydrogen-bond acceptors (Lipinski definition) is 4. The van der Waals surface area contributed by atoms with Crippen LogP contribution in [0.15, 0.2) is 41.3 Å². The summed E-state index contributed by atoms with van der Waals surface area (Å²) in [7, 11) is -3.76. The predicted octanol–water partition coefficient (Wildman–Crippen LogP) is 4.96. The van der Waals surface area contributed by atoms with Crippen LogP contribution < -0.4 is 14.8 Å². The quantitative estimate of drug-likeness (QED) is 0.538. The summed E-state index contributed by atoms with van der Waals surface area (Å²) in [5.74, 6) is -0.654. The van der Waals surface area contributed by atoms with Crippen LogP contribution >= 0.6 is 23.2 Å². The minimum atomic E-state index is -4.60. The third kappa shape index (κ3) is 7.27. The second kappa shape index (κ2) is 10.1. The lowest BCUT2D eigenvalue weighted by molar-refractivity contribution is -0.137. The van der Waals surface area contributed by atoms with Gasteiger partial charge in [0.15, 0.2) is 6.61 Å². The van der Waals surface area contributed by atoms with Gasteiger partial charge >= 0.3 is 6.18 Å². The van der Waals surface area contributed by atoms with Gasteiger partial charge in [-0.2, -0.15) is 13.2 Å². The van der Waals surface area contributed by atoms with E-state index < -0.39 is 34.3 Å². The molecule has 0 saturated heterocycles. The number of ether oxygens (including phenoxy) is 1. The zero-order chi connectivity index (χ0) is 23.4. The third-order valence-electron chi connectivity index (χ3n) is 3.82. The third-order valence-corrected chi connectivity index (χ3v) is 5.87. The van der Waals surface area contributed by atoms with Crippen molar-refractivity contribution in [3.63, 3.8) is 0 Å². The van der Waals surface area contributed by atoms with Crippen molar-refractivity contribution >= 4 is 44.8 Å². The second-order valence-corrected chi connectivity index (χ2v) is 9.45. The lowest BCUT2D eigenvalue weighted by atomic mass is 10.2. The van der Waals surface area contributed by atoms with Crippen molar-refractivity contribution in [2.45, 2.75) is 24.9 Å². The van der Waals surface area contributed by atoms with Gasteiger partial charge in [-0.25, -0.2) is 13.1 Å². The first-order chi connectivity index (χ1) is 14.3. The minimum absolute atomic E-state index is 0.0229. The Hall–Kier alpha value is -2.01. The molecule has 2 rings (SSSR count). The Bertz CT molecular complexity index is 1060. The average Bonchev–Trinajstić information content (AvgIpc) is 2.66. The highest BCUT2D eigenvalue weighted by Gasteiger charge is 2.31. The molecular weight excluding hydrogens is 480 g/mol. The van der Waals surface area contributed by atoms with E-state index in [2.05, 4.69) is 10.0 Å². The fraction of sp³-hybridized carbons (Fsp3) is 0.316. The molecule has 6 nitrogen and oxygen atoms in total. The molecule has 0 unspecified atom stereocenters. The molecular formula is C19H19Cl2F3N2O4S. The molecule has 2 aromatic rings. The smallest absolute Gasteiger partial charge is 0.416 e. The van der Waals surface area contributed by atoms with Gasteiger partial charge in [-0.05, 0) is 42.3 Å². The molecule has 0 bridgehead atoms. The first-order valence-corrected chi connectivity index (χ1v) is 11.1. The van der Waals surface area contributed by atoms with Crippen molar-refractivity contribution < 1.29 is 31.1 Å². The Balaban J connectivity index is 2.04. The van der Waals surface area contributed by atoms with Gasteiger partial charge < -0.3 is 10.1 Å². The molecule has 0 aliphatic heterocycles. The summed E-state index contributed by atoms with van der Waals surface area (Å²) in [5.41, 5.74) is -1.20. The van der Waals surface area contributed by atoms with Crippen molar-refractivity contribution in [1.82, 2.24) is 4.72 Å². The number of carbonyl (C=O) groups excluding carboxylic acids is 1.